The van der Waals surface area contributed by atoms with Gasteiger partial charge in [-0.2, -0.15) is 5.10 Å². The molecule has 1 aliphatic carbocycles. The van der Waals surface area contributed by atoms with Crippen LogP contribution in [0.25, 0.3) is 0 Å². The van der Waals surface area contributed by atoms with Crippen LogP contribution in [-0.2, 0) is 9.47 Å². The van der Waals surface area contributed by atoms with E-state index in [2.05, 4.69) is 10.5 Å². The van der Waals surface area contributed by atoms with Gasteiger partial charge in [0.2, 0.25) is 0 Å². The molecule has 1 spiro atoms. The minimum Gasteiger partial charge on any atom is -0.443 e. The van der Waals surface area contributed by atoms with Gasteiger partial charge >= 0.3 is 6.09 Å². The van der Waals surface area contributed by atoms with E-state index in [4.69, 9.17) is 9.47 Å². The van der Waals surface area contributed by atoms with Crippen molar-refractivity contribution in [3.05, 3.63) is 0 Å². The molecule has 5 nitrogen and oxygen atoms in total. The molecule has 2 aliphatic rings. The summed E-state index contributed by atoms with van der Waals surface area (Å²) in [6.45, 7) is 6.16. The lowest BCUT2D eigenvalue weighted by Crippen LogP contribution is -2.31. The summed E-state index contributed by atoms with van der Waals surface area (Å²) in [5.41, 5.74) is 2.73. The molecule has 1 amide bonds. The van der Waals surface area contributed by atoms with Gasteiger partial charge in [0.1, 0.15) is 11.2 Å². The monoisotopic (exact) mass is 226 g/mol. The molecule has 1 aliphatic heterocycles. The van der Waals surface area contributed by atoms with Crippen molar-refractivity contribution >= 4 is 11.8 Å². The molecule has 0 radical (unpaired) electrons. The number of hydrogen-bond acceptors (Lipinski definition) is 4. The topological polar surface area (TPSA) is 59.9 Å². The summed E-state index contributed by atoms with van der Waals surface area (Å²) in [7, 11) is 0. The molecule has 1 heterocycles. The highest BCUT2D eigenvalue weighted by Gasteiger charge is 2.52. The van der Waals surface area contributed by atoms with E-state index in [1.54, 1.807) is 0 Å². The van der Waals surface area contributed by atoms with Gasteiger partial charge in [0.05, 0.1) is 12.3 Å². The van der Waals surface area contributed by atoms with Crippen molar-refractivity contribution in [3.63, 3.8) is 0 Å². The average Bonchev–Trinajstić information content (AvgIpc) is 2.75. The van der Waals surface area contributed by atoms with Crippen molar-refractivity contribution in [2.45, 2.75) is 51.2 Å². The molecule has 0 bridgehead atoms. The molecule has 1 saturated heterocycles. The number of nitrogens with one attached hydrogen (secondary N) is 1. The van der Waals surface area contributed by atoms with Crippen LogP contribution in [0.3, 0.4) is 0 Å². The van der Waals surface area contributed by atoms with E-state index in [1.807, 2.05) is 20.8 Å². The summed E-state index contributed by atoms with van der Waals surface area (Å²) in [4.78, 5) is 11.4. The Hall–Kier alpha value is -1.10. The fourth-order valence-corrected chi connectivity index (χ4v) is 1.77. The van der Waals surface area contributed by atoms with Crippen molar-refractivity contribution in [3.8, 4) is 0 Å². The molecule has 0 unspecified atom stereocenters. The van der Waals surface area contributed by atoms with E-state index in [9.17, 15) is 4.79 Å². The maximum absolute atomic E-state index is 11.4. The lowest BCUT2D eigenvalue weighted by molar-refractivity contribution is 0.0528. The second-order valence-electron chi connectivity index (χ2n) is 5.26. The lowest BCUT2D eigenvalue weighted by atomic mass is 10.2. The number of ether oxygens (including phenoxy) is 2. The first-order valence-corrected chi connectivity index (χ1v) is 5.61. The summed E-state index contributed by atoms with van der Waals surface area (Å²) >= 11 is 0. The Morgan fingerprint density at radius 2 is 2.19 bits per heavy atom. The van der Waals surface area contributed by atoms with Crippen LogP contribution in [0.4, 0.5) is 4.79 Å². The van der Waals surface area contributed by atoms with Gasteiger partial charge in [-0.25, -0.2) is 10.2 Å². The Labute approximate surface area is 95.2 Å². The van der Waals surface area contributed by atoms with Crippen LogP contribution in [0.2, 0.25) is 0 Å². The normalized spacial score (nSPS) is 24.8. The molecular weight excluding hydrogens is 208 g/mol. The highest BCUT2D eigenvalue weighted by atomic mass is 16.6. The van der Waals surface area contributed by atoms with E-state index >= 15 is 0 Å². The highest BCUT2D eigenvalue weighted by molar-refractivity contribution is 5.97. The minimum atomic E-state index is -0.511. The number of carbonyl (C=O) groups is 1. The first kappa shape index (κ1) is 11.4. The third-order valence-electron chi connectivity index (χ3n) is 2.63. The third-order valence-corrected chi connectivity index (χ3v) is 2.63. The van der Waals surface area contributed by atoms with Crippen molar-refractivity contribution in [1.82, 2.24) is 5.43 Å². The zero-order valence-corrected chi connectivity index (χ0v) is 10.0. The van der Waals surface area contributed by atoms with Crippen molar-refractivity contribution in [2.75, 3.05) is 6.61 Å². The maximum Gasteiger partial charge on any atom is 0.428 e. The van der Waals surface area contributed by atoms with E-state index in [0.29, 0.717) is 6.61 Å². The molecule has 5 heteroatoms. The molecule has 0 aromatic heterocycles. The van der Waals surface area contributed by atoms with Crippen LogP contribution in [0.1, 0.15) is 40.0 Å². The zero-order valence-electron chi connectivity index (χ0n) is 10.0. The molecule has 0 aromatic carbocycles. The first-order chi connectivity index (χ1) is 7.41. The molecule has 1 saturated carbocycles. The predicted octanol–water partition coefficient (Wildman–Crippen LogP) is 1.82. The van der Waals surface area contributed by atoms with Gasteiger partial charge in [-0.1, -0.05) is 0 Å². The Morgan fingerprint density at radius 1 is 1.50 bits per heavy atom. The number of carbonyl (C=O) groups excluding carboxylic acids is 1. The second kappa shape index (κ2) is 3.73. The Kier molecular flexibility index (Phi) is 2.66. The summed E-state index contributed by atoms with van der Waals surface area (Å²) in [6, 6.07) is 0. The predicted molar refractivity (Wildman–Crippen MR) is 59.3 cm³/mol. The van der Waals surface area contributed by atoms with E-state index < -0.39 is 11.7 Å². The maximum atomic E-state index is 11.4. The van der Waals surface area contributed by atoms with Crippen LogP contribution in [-0.4, -0.2) is 29.6 Å². The van der Waals surface area contributed by atoms with Crippen LogP contribution in [0.5, 0.6) is 0 Å². The molecule has 1 N–H and O–H groups in total. The van der Waals surface area contributed by atoms with Crippen LogP contribution in [0.15, 0.2) is 5.10 Å². The Balaban J connectivity index is 1.87. The molecule has 2 rings (SSSR count). The number of hydrazone groups is 1. The fourth-order valence-electron chi connectivity index (χ4n) is 1.77. The Bertz CT molecular complexity index is 327. The molecule has 2 fully saturated rings. The van der Waals surface area contributed by atoms with Crippen molar-refractivity contribution < 1.29 is 14.3 Å². The van der Waals surface area contributed by atoms with Gasteiger partial charge in [-0.05, 0) is 33.6 Å². The highest BCUT2D eigenvalue weighted by Crippen LogP contribution is 2.45. The largest absolute Gasteiger partial charge is 0.443 e. The summed E-state index contributed by atoms with van der Waals surface area (Å²) < 4.78 is 10.7. The molecular formula is C11H18N2O3. The van der Waals surface area contributed by atoms with Crippen molar-refractivity contribution in [1.29, 1.82) is 0 Å². The number of nitrogens with zero attached hydrogens (tertiary/aromatic N) is 1. The van der Waals surface area contributed by atoms with Gasteiger partial charge in [0.25, 0.3) is 0 Å². The lowest BCUT2D eigenvalue weighted by Gasteiger charge is -2.18. The van der Waals surface area contributed by atoms with E-state index in [-0.39, 0.29) is 5.60 Å². The number of amides is 1. The molecule has 0 aromatic rings. The second-order valence-corrected chi connectivity index (χ2v) is 5.26. The third kappa shape index (κ3) is 2.52. The first-order valence-electron chi connectivity index (χ1n) is 5.61. The summed E-state index contributed by atoms with van der Waals surface area (Å²) in [5.74, 6) is 0. The van der Waals surface area contributed by atoms with Gasteiger partial charge in [-0.15, -0.1) is 0 Å². The number of hydrogen-bond donors (Lipinski definition) is 1. The van der Waals surface area contributed by atoms with Crippen LogP contribution in [0, 0.1) is 0 Å². The molecule has 16 heavy (non-hydrogen) atoms. The molecule has 0 atom stereocenters. The van der Waals surface area contributed by atoms with E-state index in [0.717, 1.165) is 25.0 Å². The van der Waals surface area contributed by atoms with Gasteiger partial charge in [0, 0.05) is 6.42 Å². The standard InChI is InChI=1S/C11H18N2O3/c1-10(2,3)16-9(14)13-12-8-4-7-15-11(8)5-6-11/h4-7H2,1-3H3,(H,13,14)/b12-8+. The number of rotatable bonds is 1. The van der Waals surface area contributed by atoms with Crippen LogP contribution >= 0.6 is 0 Å². The van der Waals surface area contributed by atoms with E-state index in [1.165, 1.54) is 0 Å². The average molecular weight is 226 g/mol. The fraction of sp³-hybridized carbons (Fsp3) is 0.818. The SMILES string of the molecule is CC(C)(C)OC(=O)N/N=C1\CCOC12CC2. The van der Waals surface area contributed by atoms with Gasteiger partial charge < -0.3 is 9.47 Å². The van der Waals surface area contributed by atoms with Crippen molar-refractivity contribution in [2.24, 2.45) is 5.10 Å². The summed E-state index contributed by atoms with van der Waals surface area (Å²) in [6.07, 6.45) is 2.32. The summed E-state index contributed by atoms with van der Waals surface area (Å²) in [5, 5.41) is 4.09. The zero-order chi connectivity index (χ0) is 11.8. The van der Waals surface area contributed by atoms with Gasteiger partial charge in [0.15, 0.2) is 0 Å². The minimum absolute atomic E-state index is 0.144. The molecule has 90 valence electrons. The van der Waals surface area contributed by atoms with Crippen LogP contribution < -0.4 is 5.43 Å². The smallest absolute Gasteiger partial charge is 0.428 e. The van der Waals surface area contributed by atoms with Gasteiger partial charge in [-0.3, -0.25) is 0 Å². The quantitative estimate of drug-likeness (QED) is 0.694. The Morgan fingerprint density at radius 3 is 2.75 bits per heavy atom.